The number of amides is 1. The van der Waals surface area contributed by atoms with Crippen molar-refractivity contribution in [3.63, 3.8) is 0 Å². The van der Waals surface area contributed by atoms with Crippen molar-refractivity contribution < 1.29 is 19.6 Å². The highest BCUT2D eigenvalue weighted by atomic mass is 16.6. The third-order valence-corrected chi connectivity index (χ3v) is 4.09. The number of nitro groups is 1. The molecule has 0 atom stereocenters. The first-order chi connectivity index (χ1) is 13.9. The van der Waals surface area contributed by atoms with Crippen LogP contribution in [0.1, 0.15) is 5.56 Å². The van der Waals surface area contributed by atoms with Gasteiger partial charge in [0.2, 0.25) is 5.88 Å². The molecular formula is C20H16N4O5. The minimum absolute atomic E-state index is 0.0439. The maximum absolute atomic E-state index is 12.0. The molecule has 0 bridgehead atoms. The molecule has 146 valence electrons. The number of carbonyl (C=O) groups excluding carboxylic acids is 1. The molecule has 3 rings (SSSR count). The van der Waals surface area contributed by atoms with Gasteiger partial charge < -0.3 is 9.84 Å². The van der Waals surface area contributed by atoms with E-state index in [1.54, 1.807) is 37.3 Å². The average molecular weight is 392 g/mol. The Morgan fingerprint density at radius 3 is 2.83 bits per heavy atom. The number of fused-ring (bicyclic) bond motifs is 1. The van der Waals surface area contributed by atoms with Crippen LogP contribution in [0.25, 0.3) is 10.9 Å². The predicted octanol–water partition coefficient (Wildman–Crippen LogP) is 3.89. The molecule has 3 aromatic rings. The standard InChI is InChI=1S/C20H16N4O5/c1-3-10-23-15-7-5-4-6-14(15)19(20(23)26)22-21-18(25)12-29-17-9-8-13(2)11-16(17)24(27)28/h1,4-9,11,26H,10,12H2,2H3. The van der Waals surface area contributed by atoms with Crippen LogP contribution >= 0.6 is 0 Å². The minimum Gasteiger partial charge on any atom is -0.493 e. The topological polar surface area (TPSA) is 119 Å². The lowest BCUT2D eigenvalue weighted by Gasteiger charge is -2.04. The summed E-state index contributed by atoms with van der Waals surface area (Å²) in [5.41, 5.74) is 1.19. The number of terminal acetylenes is 1. The van der Waals surface area contributed by atoms with Gasteiger partial charge in [0, 0.05) is 11.5 Å². The van der Waals surface area contributed by atoms with Crippen molar-refractivity contribution in [3.8, 4) is 24.0 Å². The van der Waals surface area contributed by atoms with Gasteiger partial charge in [0.25, 0.3) is 0 Å². The van der Waals surface area contributed by atoms with Crippen LogP contribution in [0.3, 0.4) is 0 Å². The quantitative estimate of drug-likeness (QED) is 0.295. The van der Waals surface area contributed by atoms with Crippen LogP contribution in [0.2, 0.25) is 0 Å². The number of azo groups is 1. The first-order valence-corrected chi connectivity index (χ1v) is 8.48. The number of aromatic nitrogens is 1. The van der Waals surface area contributed by atoms with E-state index in [0.717, 1.165) is 0 Å². The second kappa shape index (κ2) is 8.22. The molecule has 0 aliphatic heterocycles. The monoisotopic (exact) mass is 392 g/mol. The Hall–Kier alpha value is -4.19. The molecule has 29 heavy (non-hydrogen) atoms. The van der Waals surface area contributed by atoms with Crippen LogP contribution in [-0.2, 0) is 11.3 Å². The molecule has 0 radical (unpaired) electrons. The molecule has 1 heterocycles. The summed E-state index contributed by atoms with van der Waals surface area (Å²) in [6, 6.07) is 11.4. The normalized spacial score (nSPS) is 10.9. The Kier molecular flexibility index (Phi) is 5.55. The lowest BCUT2D eigenvalue weighted by molar-refractivity contribution is -0.385. The fourth-order valence-electron chi connectivity index (χ4n) is 2.79. The minimum atomic E-state index is -0.770. The summed E-state index contributed by atoms with van der Waals surface area (Å²) < 4.78 is 6.70. The highest BCUT2D eigenvalue weighted by Gasteiger charge is 2.18. The van der Waals surface area contributed by atoms with Gasteiger partial charge in [-0.2, -0.15) is 0 Å². The molecule has 1 N–H and O–H groups in total. The Bertz CT molecular complexity index is 1170. The Labute approximate surface area is 165 Å². The number of aryl methyl sites for hydroxylation is 1. The van der Waals surface area contributed by atoms with Crippen LogP contribution < -0.4 is 4.74 Å². The largest absolute Gasteiger partial charge is 0.493 e. The van der Waals surface area contributed by atoms with Gasteiger partial charge in [0.1, 0.15) is 0 Å². The molecule has 0 saturated carbocycles. The second-order valence-electron chi connectivity index (χ2n) is 6.09. The zero-order valence-corrected chi connectivity index (χ0v) is 15.4. The van der Waals surface area contributed by atoms with Crippen molar-refractivity contribution in [2.75, 3.05) is 6.61 Å². The maximum Gasteiger partial charge on any atom is 0.311 e. The predicted molar refractivity (Wildman–Crippen MR) is 105 cm³/mol. The van der Waals surface area contributed by atoms with Crippen LogP contribution in [0.5, 0.6) is 11.6 Å². The first-order valence-electron chi connectivity index (χ1n) is 8.48. The molecule has 0 aliphatic rings. The Morgan fingerprint density at radius 2 is 2.10 bits per heavy atom. The molecular weight excluding hydrogens is 376 g/mol. The average Bonchev–Trinajstić information content (AvgIpc) is 2.97. The molecule has 1 amide bonds. The van der Waals surface area contributed by atoms with Crippen molar-refractivity contribution in [2.24, 2.45) is 10.2 Å². The van der Waals surface area contributed by atoms with Gasteiger partial charge in [-0.15, -0.1) is 16.7 Å². The molecule has 1 aromatic heterocycles. The number of rotatable bonds is 6. The zero-order valence-electron chi connectivity index (χ0n) is 15.4. The van der Waals surface area contributed by atoms with Gasteiger partial charge in [0.05, 0.1) is 17.0 Å². The zero-order chi connectivity index (χ0) is 21.0. The third kappa shape index (κ3) is 4.06. The van der Waals surface area contributed by atoms with E-state index in [-0.39, 0.29) is 29.5 Å². The fourth-order valence-corrected chi connectivity index (χ4v) is 2.79. The van der Waals surface area contributed by atoms with E-state index in [2.05, 4.69) is 16.1 Å². The van der Waals surface area contributed by atoms with E-state index in [0.29, 0.717) is 16.5 Å². The van der Waals surface area contributed by atoms with Crippen molar-refractivity contribution in [1.82, 2.24) is 4.57 Å². The van der Waals surface area contributed by atoms with Crippen molar-refractivity contribution in [3.05, 3.63) is 58.1 Å². The SMILES string of the molecule is C#CCn1c(O)c(N=NC(=O)COc2ccc(C)cc2[N+](=O)[O-])c2ccccc21. The summed E-state index contributed by atoms with van der Waals surface area (Å²) in [5, 5.41) is 29.5. The van der Waals surface area contributed by atoms with Crippen molar-refractivity contribution >= 4 is 28.2 Å². The number of nitrogens with zero attached hydrogens (tertiary/aromatic N) is 4. The molecule has 0 spiro atoms. The molecule has 9 heteroatoms. The summed E-state index contributed by atoms with van der Waals surface area (Å²) in [5.74, 6) is 1.41. The van der Waals surface area contributed by atoms with Gasteiger partial charge in [-0.05, 0) is 24.6 Å². The highest BCUT2D eigenvalue weighted by molar-refractivity contribution is 5.95. The third-order valence-electron chi connectivity index (χ3n) is 4.09. The van der Waals surface area contributed by atoms with Gasteiger partial charge in [-0.3, -0.25) is 19.5 Å². The van der Waals surface area contributed by atoms with Gasteiger partial charge >= 0.3 is 11.6 Å². The summed E-state index contributed by atoms with van der Waals surface area (Å²) in [6.07, 6.45) is 5.33. The van der Waals surface area contributed by atoms with E-state index in [4.69, 9.17) is 11.2 Å². The Morgan fingerprint density at radius 1 is 1.34 bits per heavy atom. The number of ether oxygens (including phenoxy) is 1. The van der Waals surface area contributed by atoms with Crippen molar-refractivity contribution in [2.45, 2.75) is 13.5 Å². The first kappa shape index (κ1) is 19.6. The van der Waals surface area contributed by atoms with Crippen LogP contribution in [0, 0.1) is 29.4 Å². The van der Waals surface area contributed by atoms with E-state index >= 15 is 0 Å². The molecule has 0 fully saturated rings. The van der Waals surface area contributed by atoms with Crippen LogP contribution in [-0.4, -0.2) is 27.1 Å². The molecule has 0 saturated heterocycles. The molecule has 9 nitrogen and oxygen atoms in total. The maximum atomic E-state index is 12.0. The van der Waals surface area contributed by atoms with E-state index in [1.807, 2.05) is 0 Å². The summed E-state index contributed by atoms with van der Waals surface area (Å²) in [6.45, 7) is 1.28. The van der Waals surface area contributed by atoms with Gasteiger partial charge in [0.15, 0.2) is 18.0 Å². The van der Waals surface area contributed by atoms with E-state index in [9.17, 15) is 20.0 Å². The van der Waals surface area contributed by atoms with Crippen molar-refractivity contribution in [1.29, 1.82) is 0 Å². The summed E-state index contributed by atoms with van der Waals surface area (Å²) in [4.78, 5) is 22.6. The summed E-state index contributed by atoms with van der Waals surface area (Å²) >= 11 is 0. The molecule has 0 unspecified atom stereocenters. The lowest BCUT2D eigenvalue weighted by atomic mass is 10.2. The van der Waals surface area contributed by atoms with Gasteiger partial charge in [-0.1, -0.05) is 30.2 Å². The number of hydrogen-bond donors (Lipinski definition) is 1. The highest BCUT2D eigenvalue weighted by Crippen LogP contribution is 2.38. The number of para-hydroxylation sites is 1. The fraction of sp³-hybridized carbons (Fsp3) is 0.150. The number of carbonyl (C=O) groups is 1. The summed E-state index contributed by atoms with van der Waals surface area (Å²) in [7, 11) is 0. The van der Waals surface area contributed by atoms with Crippen LogP contribution in [0.4, 0.5) is 11.4 Å². The number of benzene rings is 2. The number of hydrogen-bond acceptors (Lipinski definition) is 6. The lowest BCUT2D eigenvalue weighted by Crippen LogP contribution is -2.09. The Balaban J connectivity index is 1.80. The smallest absolute Gasteiger partial charge is 0.311 e. The molecule has 0 aliphatic carbocycles. The van der Waals surface area contributed by atoms with E-state index in [1.165, 1.54) is 16.7 Å². The second-order valence-corrected chi connectivity index (χ2v) is 6.09. The van der Waals surface area contributed by atoms with Gasteiger partial charge in [-0.25, -0.2) is 0 Å². The molecule has 2 aromatic carbocycles. The number of aromatic hydroxyl groups is 1. The van der Waals surface area contributed by atoms with Crippen LogP contribution in [0.15, 0.2) is 52.7 Å². The van der Waals surface area contributed by atoms with E-state index < -0.39 is 17.4 Å². The number of nitro benzene ring substituents is 1.